The average Bonchev–Trinajstić information content (AvgIpc) is 3.31. The molecule has 1 saturated heterocycles. The van der Waals surface area contributed by atoms with Crippen LogP contribution in [-0.4, -0.2) is 14.7 Å². The van der Waals surface area contributed by atoms with Gasteiger partial charge in [0.15, 0.2) is 5.11 Å². The van der Waals surface area contributed by atoms with Crippen molar-refractivity contribution in [3.05, 3.63) is 111 Å². The number of thiocarbonyl (C=S) groups is 1. The van der Waals surface area contributed by atoms with Crippen LogP contribution in [0.25, 0.3) is 5.69 Å². The van der Waals surface area contributed by atoms with Crippen molar-refractivity contribution < 1.29 is 0 Å². The number of pyridine rings is 1. The van der Waals surface area contributed by atoms with Gasteiger partial charge in [0, 0.05) is 33.3 Å². The molecule has 8 heteroatoms. The second-order valence-corrected chi connectivity index (χ2v) is 9.90. The van der Waals surface area contributed by atoms with Gasteiger partial charge in [0.1, 0.15) is 0 Å². The van der Waals surface area contributed by atoms with Crippen LogP contribution in [0.15, 0.2) is 72.9 Å². The molecule has 172 valence electrons. The summed E-state index contributed by atoms with van der Waals surface area (Å²) in [5.41, 5.74) is 6.01. The van der Waals surface area contributed by atoms with E-state index in [1.165, 1.54) is 0 Å². The summed E-state index contributed by atoms with van der Waals surface area (Å²) in [5, 5.41) is 6.02. The molecule has 5 rings (SSSR count). The van der Waals surface area contributed by atoms with Crippen LogP contribution in [0.1, 0.15) is 34.7 Å². The lowest BCUT2D eigenvalue weighted by atomic mass is 9.96. The van der Waals surface area contributed by atoms with Crippen molar-refractivity contribution >= 4 is 57.8 Å². The van der Waals surface area contributed by atoms with E-state index in [0.29, 0.717) is 20.2 Å². The van der Waals surface area contributed by atoms with Gasteiger partial charge in [0.2, 0.25) is 0 Å². The van der Waals surface area contributed by atoms with Gasteiger partial charge in [0.05, 0.1) is 28.5 Å². The van der Waals surface area contributed by atoms with Crippen LogP contribution in [0.4, 0.5) is 5.69 Å². The van der Waals surface area contributed by atoms with Gasteiger partial charge in [-0.2, -0.15) is 0 Å². The molecule has 1 fully saturated rings. The summed E-state index contributed by atoms with van der Waals surface area (Å²) in [6, 6.07) is 21.1. The predicted octanol–water partition coefficient (Wildman–Crippen LogP) is 7.63. The molecule has 3 heterocycles. The van der Waals surface area contributed by atoms with Crippen molar-refractivity contribution in [2.45, 2.75) is 25.9 Å². The number of aromatic nitrogens is 2. The van der Waals surface area contributed by atoms with Gasteiger partial charge >= 0.3 is 0 Å². The first-order chi connectivity index (χ1) is 16.3. The number of hydrogen-bond acceptors (Lipinski definition) is 2. The van der Waals surface area contributed by atoms with E-state index < -0.39 is 0 Å². The largest absolute Gasteiger partial charge is 0.351 e. The first-order valence-corrected chi connectivity index (χ1v) is 12.3. The van der Waals surface area contributed by atoms with Gasteiger partial charge < -0.3 is 14.8 Å². The molecule has 0 aliphatic carbocycles. The van der Waals surface area contributed by atoms with E-state index in [4.69, 9.17) is 47.0 Å². The molecular formula is C26H21Cl3N4S. The van der Waals surface area contributed by atoms with E-state index >= 15 is 0 Å². The molecule has 2 atom stereocenters. The third kappa shape index (κ3) is 4.07. The molecule has 0 amide bonds. The molecule has 2 unspecified atom stereocenters. The molecule has 1 aliphatic rings. The minimum atomic E-state index is -0.140. The zero-order valence-electron chi connectivity index (χ0n) is 18.5. The van der Waals surface area contributed by atoms with Crippen molar-refractivity contribution in [3.8, 4) is 5.69 Å². The fourth-order valence-corrected chi connectivity index (χ4v) is 5.64. The number of halogens is 3. The fraction of sp³-hybridized carbons (Fsp3) is 0.154. The predicted molar refractivity (Wildman–Crippen MR) is 145 cm³/mol. The summed E-state index contributed by atoms with van der Waals surface area (Å²) in [7, 11) is 0. The third-order valence-electron chi connectivity index (χ3n) is 6.14. The van der Waals surface area contributed by atoms with Crippen LogP contribution in [-0.2, 0) is 0 Å². The molecule has 0 saturated carbocycles. The normalized spacial score (nSPS) is 17.8. The molecule has 2 aromatic carbocycles. The smallest absolute Gasteiger partial charge is 0.174 e. The molecular weight excluding hydrogens is 507 g/mol. The van der Waals surface area contributed by atoms with Gasteiger partial charge in [-0.05, 0) is 92.3 Å². The Morgan fingerprint density at radius 2 is 1.65 bits per heavy atom. The molecule has 2 aromatic heterocycles. The SMILES string of the molecule is Cc1cc(C2C(c3ccccn3)NC(=S)N2c2ccc(Cl)cc2)c(C)n1-c1ccc(Cl)cc1Cl. The van der Waals surface area contributed by atoms with Crippen LogP contribution in [0.5, 0.6) is 0 Å². The highest BCUT2D eigenvalue weighted by Crippen LogP contribution is 2.44. The second-order valence-electron chi connectivity index (χ2n) is 8.23. The Balaban J connectivity index is 1.69. The number of anilines is 1. The van der Waals surface area contributed by atoms with Crippen molar-refractivity contribution in [1.29, 1.82) is 0 Å². The van der Waals surface area contributed by atoms with Crippen LogP contribution in [0, 0.1) is 13.8 Å². The zero-order valence-corrected chi connectivity index (χ0v) is 21.6. The van der Waals surface area contributed by atoms with Gasteiger partial charge in [-0.25, -0.2) is 0 Å². The highest BCUT2D eigenvalue weighted by Gasteiger charge is 2.42. The molecule has 0 radical (unpaired) electrons. The molecule has 1 aliphatic heterocycles. The molecule has 4 aromatic rings. The molecule has 4 nitrogen and oxygen atoms in total. The molecule has 0 spiro atoms. The van der Waals surface area contributed by atoms with Gasteiger partial charge in [-0.15, -0.1) is 0 Å². The minimum absolute atomic E-state index is 0.130. The molecule has 34 heavy (non-hydrogen) atoms. The van der Waals surface area contributed by atoms with Crippen LogP contribution >= 0.6 is 47.0 Å². The lowest BCUT2D eigenvalue weighted by Crippen LogP contribution is -2.29. The number of hydrogen-bond donors (Lipinski definition) is 1. The first kappa shape index (κ1) is 23.2. The Bertz CT molecular complexity index is 1370. The topological polar surface area (TPSA) is 33.1 Å². The van der Waals surface area contributed by atoms with Gasteiger partial charge in [-0.3, -0.25) is 4.98 Å². The van der Waals surface area contributed by atoms with Crippen molar-refractivity contribution in [1.82, 2.24) is 14.9 Å². The highest BCUT2D eigenvalue weighted by atomic mass is 35.5. The average molecular weight is 528 g/mol. The van der Waals surface area contributed by atoms with E-state index in [1.54, 1.807) is 12.3 Å². The van der Waals surface area contributed by atoms with Crippen molar-refractivity contribution in [3.63, 3.8) is 0 Å². The Morgan fingerprint density at radius 1 is 0.912 bits per heavy atom. The maximum Gasteiger partial charge on any atom is 0.174 e. The van der Waals surface area contributed by atoms with Crippen LogP contribution in [0.2, 0.25) is 15.1 Å². The maximum absolute atomic E-state index is 6.59. The quantitative estimate of drug-likeness (QED) is 0.277. The van der Waals surface area contributed by atoms with Crippen LogP contribution in [0.3, 0.4) is 0 Å². The number of benzene rings is 2. The monoisotopic (exact) mass is 526 g/mol. The zero-order chi connectivity index (χ0) is 24.0. The standard InChI is InChI=1S/C26H21Cl3N4S/c1-15-13-20(16(2)32(15)23-11-8-18(28)14-21(23)29)25-24(22-5-3-4-12-30-22)31-26(34)33(25)19-9-6-17(27)7-10-19/h3-14,24-25H,1-2H3,(H,31,34). The first-order valence-electron chi connectivity index (χ1n) is 10.8. The summed E-state index contributed by atoms with van der Waals surface area (Å²) >= 11 is 24.8. The minimum Gasteiger partial charge on any atom is -0.351 e. The summed E-state index contributed by atoms with van der Waals surface area (Å²) in [4.78, 5) is 6.78. The number of rotatable bonds is 4. The summed E-state index contributed by atoms with van der Waals surface area (Å²) in [6.07, 6.45) is 1.80. The van der Waals surface area contributed by atoms with Crippen LogP contribution < -0.4 is 10.2 Å². The fourth-order valence-electron chi connectivity index (χ4n) is 4.67. The molecule has 0 bridgehead atoms. The lowest BCUT2D eigenvalue weighted by molar-refractivity contribution is 0.565. The number of nitrogens with zero attached hydrogens (tertiary/aromatic N) is 3. The number of aryl methyl sites for hydroxylation is 1. The van der Waals surface area contributed by atoms with E-state index in [1.807, 2.05) is 54.6 Å². The van der Waals surface area contributed by atoms with Crippen molar-refractivity contribution in [2.24, 2.45) is 0 Å². The third-order valence-corrected chi connectivity index (χ3v) is 7.25. The maximum atomic E-state index is 6.59. The Kier molecular flexibility index (Phi) is 6.30. The summed E-state index contributed by atoms with van der Waals surface area (Å²) in [5.74, 6) is 0. The van der Waals surface area contributed by atoms with Gasteiger partial charge in [-0.1, -0.05) is 40.9 Å². The summed E-state index contributed by atoms with van der Waals surface area (Å²) in [6.45, 7) is 4.18. The van der Waals surface area contributed by atoms with E-state index in [-0.39, 0.29) is 12.1 Å². The highest BCUT2D eigenvalue weighted by molar-refractivity contribution is 7.80. The Labute approximate surface area is 219 Å². The molecule has 1 N–H and O–H groups in total. The van der Waals surface area contributed by atoms with E-state index in [2.05, 4.69) is 39.7 Å². The Morgan fingerprint density at radius 3 is 2.32 bits per heavy atom. The number of nitrogens with one attached hydrogen (secondary N) is 1. The van der Waals surface area contributed by atoms with Crippen molar-refractivity contribution in [2.75, 3.05) is 4.90 Å². The van der Waals surface area contributed by atoms with E-state index in [9.17, 15) is 0 Å². The lowest BCUT2D eigenvalue weighted by Gasteiger charge is -2.28. The van der Waals surface area contributed by atoms with Gasteiger partial charge in [0.25, 0.3) is 0 Å². The summed E-state index contributed by atoms with van der Waals surface area (Å²) < 4.78 is 2.16. The van der Waals surface area contributed by atoms with E-state index in [0.717, 1.165) is 34.0 Å². The second kappa shape index (κ2) is 9.23. The Hall–Kier alpha value is -2.57.